The predicted octanol–water partition coefficient (Wildman–Crippen LogP) is 0.752. The Kier molecular flexibility index (Phi) is 10.1. The molecule has 2 N–H and O–H groups in total. The van der Waals surface area contributed by atoms with Crippen molar-refractivity contribution in [3.8, 4) is 11.5 Å². The van der Waals surface area contributed by atoms with Crippen molar-refractivity contribution < 1.29 is 32.2 Å². The molecule has 0 aliphatic carbocycles. The van der Waals surface area contributed by atoms with Crippen LogP contribution in [-0.2, 0) is 19.5 Å². The van der Waals surface area contributed by atoms with Crippen LogP contribution in [0.5, 0.6) is 11.5 Å². The summed E-state index contributed by atoms with van der Waals surface area (Å²) in [5, 5.41) is 2.56. The molecule has 0 atom stereocenters. The molecular weight excluding hydrogens is 376 g/mol. The topological polar surface area (TPSA) is 112 Å². The second-order valence-electron chi connectivity index (χ2n) is 5.33. The fourth-order valence-corrected chi connectivity index (χ4v) is 3.09. The van der Waals surface area contributed by atoms with Gasteiger partial charge in [-0.1, -0.05) is 0 Å². The average molecular weight is 404 g/mol. The first-order valence-corrected chi connectivity index (χ1v) is 10.2. The maximum atomic E-state index is 12.3. The highest BCUT2D eigenvalue weighted by atomic mass is 32.2. The number of carbonyl (C=O) groups is 1. The number of carbonyl (C=O) groups excluding carboxylic acids is 1. The van der Waals surface area contributed by atoms with Crippen LogP contribution >= 0.6 is 0 Å². The number of hydrogen-bond donors (Lipinski definition) is 2. The molecule has 1 aromatic rings. The molecular formula is C17H28N2O7S. The first-order chi connectivity index (χ1) is 12.9. The Bertz CT molecular complexity index is 689. The van der Waals surface area contributed by atoms with Gasteiger partial charge < -0.3 is 24.3 Å². The van der Waals surface area contributed by atoms with E-state index >= 15 is 0 Å². The number of rotatable bonds is 13. The van der Waals surface area contributed by atoms with Crippen LogP contribution in [0.3, 0.4) is 0 Å². The summed E-state index contributed by atoms with van der Waals surface area (Å²) in [6.45, 7) is 4.35. The standard InChI is InChI=1S/C17H28N2O7S/c1-5-25-16(26-6-2)12-19-27(21,22)10-9-18-17(20)14-8-7-13(23-3)11-15(14)24-4/h7-8,11,16,19H,5-6,9-10,12H2,1-4H3,(H,18,20). The van der Waals surface area contributed by atoms with Gasteiger partial charge in [-0.25, -0.2) is 13.1 Å². The predicted molar refractivity (Wildman–Crippen MR) is 101 cm³/mol. The lowest BCUT2D eigenvalue weighted by molar-refractivity contribution is -0.130. The summed E-state index contributed by atoms with van der Waals surface area (Å²) in [5.74, 6) is 0.172. The Balaban J connectivity index is 2.54. The molecule has 10 heteroatoms. The number of sulfonamides is 1. The molecule has 27 heavy (non-hydrogen) atoms. The minimum absolute atomic E-state index is 0.00423. The van der Waals surface area contributed by atoms with Crippen LogP contribution in [0.4, 0.5) is 0 Å². The molecule has 0 spiro atoms. The molecule has 9 nitrogen and oxygen atoms in total. The molecule has 1 aromatic carbocycles. The average Bonchev–Trinajstić information content (AvgIpc) is 2.65. The van der Waals surface area contributed by atoms with E-state index in [0.29, 0.717) is 24.7 Å². The maximum Gasteiger partial charge on any atom is 0.255 e. The molecule has 0 fully saturated rings. The van der Waals surface area contributed by atoms with Crippen LogP contribution in [0.2, 0.25) is 0 Å². The Morgan fingerprint density at radius 1 is 1.11 bits per heavy atom. The van der Waals surface area contributed by atoms with Crippen molar-refractivity contribution in [3.05, 3.63) is 23.8 Å². The van der Waals surface area contributed by atoms with E-state index in [9.17, 15) is 13.2 Å². The molecule has 1 amide bonds. The summed E-state index contributed by atoms with van der Waals surface area (Å²) >= 11 is 0. The molecule has 0 aromatic heterocycles. The molecule has 0 heterocycles. The van der Waals surface area contributed by atoms with Gasteiger partial charge >= 0.3 is 0 Å². The molecule has 0 radical (unpaired) electrons. The largest absolute Gasteiger partial charge is 0.497 e. The number of methoxy groups -OCH3 is 2. The zero-order valence-corrected chi connectivity index (χ0v) is 16.9. The van der Waals surface area contributed by atoms with E-state index < -0.39 is 22.2 Å². The number of benzene rings is 1. The normalized spacial score (nSPS) is 11.4. The monoisotopic (exact) mass is 404 g/mol. The van der Waals surface area contributed by atoms with Crippen LogP contribution in [0.15, 0.2) is 18.2 Å². The Labute approximate surface area is 160 Å². The minimum atomic E-state index is -3.59. The summed E-state index contributed by atoms with van der Waals surface area (Å²) in [6.07, 6.45) is -0.645. The van der Waals surface area contributed by atoms with Crippen LogP contribution < -0.4 is 19.5 Å². The first kappa shape index (κ1) is 23.2. The van der Waals surface area contributed by atoms with E-state index in [4.69, 9.17) is 18.9 Å². The third-order valence-corrected chi connectivity index (χ3v) is 4.83. The molecule has 1 rings (SSSR count). The second-order valence-corrected chi connectivity index (χ2v) is 7.26. The van der Waals surface area contributed by atoms with Gasteiger partial charge in [0.1, 0.15) is 11.5 Å². The van der Waals surface area contributed by atoms with E-state index in [1.165, 1.54) is 14.2 Å². The van der Waals surface area contributed by atoms with Gasteiger partial charge in [-0.15, -0.1) is 0 Å². The molecule has 154 valence electrons. The Morgan fingerprint density at radius 3 is 2.33 bits per heavy atom. The smallest absolute Gasteiger partial charge is 0.255 e. The van der Waals surface area contributed by atoms with Gasteiger partial charge in [0.05, 0.1) is 32.1 Å². The van der Waals surface area contributed by atoms with Crippen LogP contribution in [0.1, 0.15) is 24.2 Å². The SMILES string of the molecule is CCOC(CNS(=O)(=O)CCNC(=O)c1ccc(OC)cc1OC)OCC. The van der Waals surface area contributed by atoms with Gasteiger partial charge in [0.25, 0.3) is 5.91 Å². The fraction of sp³-hybridized carbons (Fsp3) is 0.588. The van der Waals surface area contributed by atoms with Crippen molar-refractivity contribution in [2.75, 3.05) is 46.3 Å². The summed E-state index contributed by atoms with van der Waals surface area (Å²) in [6, 6.07) is 4.75. The van der Waals surface area contributed by atoms with Crippen molar-refractivity contribution in [1.29, 1.82) is 0 Å². The lowest BCUT2D eigenvalue weighted by Crippen LogP contribution is -2.39. The summed E-state index contributed by atoms with van der Waals surface area (Å²) in [7, 11) is -0.648. The van der Waals surface area contributed by atoms with Crippen LogP contribution in [0, 0.1) is 0 Å². The van der Waals surface area contributed by atoms with E-state index in [2.05, 4.69) is 10.0 Å². The third-order valence-electron chi connectivity index (χ3n) is 3.48. The van der Waals surface area contributed by atoms with E-state index in [1.807, 2.05) is 0 Å². The fourth-order valence-electron chi connectivity index (χ4n) is 2.19. The van der Waals surface area contributed by atoms with Crippen molar-refractivity contribution in [2.24, 2.45) is 0 Å². The minimum Gasteiger partial charge on any atom is -0.497 e. The lowest BCUT2D eigenvalue weighted by Gasteiger charge is -2.17. The van der Waals surface area contributed by atoms with E-state index in [1.54, 1.807) is 32.0 Å². The second kappa shape index (κ2) is 11.8. The number of amides is 1. The number of ether oxygens (including phenoxy) is 4. The highest BCUT2D eigenvalue weighted by Gasteiger charge is 2.17. The molecule has 0 saturated carbocycles. The quantitative estimate of drug-likeness (QED) is 0.467. The van der Waals surface area contributed by atoms with E-state index in [-0.39, 0.29) is 24.4 Å². The molecule has 0 unspecified atom stereocenters. The van der Waals surface area contributed by atoms with Crippen molar-refractivity contribution in [2.45, 2.75) is 20.1 Å². The lowest BCUT2D eigenvalue weighted by atomic mass is 10.2. The van der Waals surface area contributed by atoms with Gasteiger partial charge in [0.2, 0.25) is 10.0 Å². The van der Waals surface area contributed by atoms with Gasteiger partial charge in [0, 0.05) is 25.8 Å². The van der Waals surface area contributed by atoms with Crippen LogP contribution in [-0.4, -0.2) is 66.9 Å². The highest BCUT2D eigenvalue weighted by Crippen LogP contribution is 2.24. The molecule has 0 bridgehead atoms. The molecule has 0 aliphatic heterocycles. The third kappa shape index (κ3) is 8.12. The maximum absolute atomic E-state index is 12.3. The molecule has 0 aliphatic rings. The Hall–Kier alpha value is -1.88. The van der Waals surface area contributed by atoms with Gasteiger partial charge in [-0.05, 0) is 26.0 Å². The van der Waals surface area contributed by atoms with Crippen LogP contribution in [0.25, 0.3) is 0 Å². The van der Waals surface area contributed by atoms with Crippen molar-refractivity contribution in [1.82, 2.24) is 10.0 Å². The van der Waals surface area contributed by atoms with Crippen molar-refractivity contribution in [3.63, 3.8) is 0 Å². The van der Waals surface area contributed by atoms with Gasteiger partial charge in [0.15, 0.2) is 6.29 Å². The molecule has 0 saturated heterocycles. The van der Waals surface area contributed by atoms with Gasteiger partial charge in [-0.3, -0.25) is 4.79 Å². The van der Waals surface area contributed by atoms with Gasteiger partial charge in [-0.2, -0.15) is 0 Å². The summed E-state index contributed by atoms with van der Waals surface area (Å²) < 4.78 is 47.3. The zero-order valence-electron chi connectivity index (χ0n) is 16.1. The number of hydrogen-bond acceptors (Lipinski definition) is 7. The highest BCUT2D eigenvalue weighted by molar-refractivity contribution is 7.89. The van der Waals surface area contributed by atoms with Crippen molar-refractivity contribution >= 4 is 15.9 Å². The first-order valence-electron chi connectivity index (χ1n) is 8.57. The summed E-state index contributed by atoms with van der Waals surface area (Å²) in [4.78, 5) is 12.3. The summed E-state index contributed by atoms with van der Waals surface area (Å²) in [5.41, 5.74) is 0.288. The zero-order chi connectivity index (χ0) is 20.3. The Morgan fingerprint density at radius 2 is 1.78 bits per heavy atom. The van der Waals surface area contributed by atoms with E-state index in [0.717, 1.165) is 0 Å². The number of nitrogens with one attached hydrogen (secondary N) is 2.